The van der Waals surface area contributed by atoms with Gasteiger partial charge in [-0.05, 0) is 24.8 Å². The summed E-state index contributed by atoms with van der Waals surface area (Å²) in [4.78, 5) is 38.7. The van der Waals surface area contributed by atoms with Gasteiger partial charge in [0.2, 0.25) is 5.91 Å². The summed E-state index contributed by atoms with van der Waals surface area (Å²) >= 11 is 2.49. The Hall–Kier alpha value is -2.20. The van der Waals surface area contributed by atoms with Gasteiger partial charge < -0.3 is 5.32 Å². The van der Waals surface area contributed by atoms with Crippen LogP contribution in [0, 0.1) is 16.0 Å². The van der Waals surface area contributed by atoms with Gasteiger partial charge in [-0.3, -0.25) is 20.2 Å². The van der Waals surface area contributed by atoms with Gasteiger partial charge in [0, 0.05) is 18.2 Å². The van der Waals surface area contributed by atoms with Crippen molar-refractivity contribution in [2.45, 2.75) is 43.0 Å². The highest BCUT2D eigenvalue weighted by atomic mass is 32.2. The molecular formula is C17H20N4O4S2. The number of nitrogens with one attached hydrogen (secondary N) is 2. The Labute approximate surface area is 164 Å². The Balaban J connectivity index is 1.50. The molecule has 8 nitrogen and oxygen atoms in total. The standard InChI is InChI=1S/C17H20N4O4S2/c1-10-4-2-3-5-12(10)18-16(23)20-15(22)9-26-17-19-13-7-6-11(21(24)25)8-14(13)27-17/h6-8,10,12H,2-5,9H2,1H3,(H2,18,20,22,23)/t10-,12-/m1/s1. The average molecular weight is 409 g/mol. The molecule has 1 aromatic heterocycles. The number of hydrogen-bond acceptors (Lipinski definition) is 7. The Morgan fingerprint density at radius 3 is 2.89 bits per heavy atom. The van der Waals surface area contributed by atoms with Crippen LogP contribution in [0.2, 0.25) is 0 Å². The van der Waals surface area contributed by atoms with E-state index in [1.807, 2.05) is 0 Å². The van der Waals surface area contributed by atoms with E-state index in [1.54, 1.807) is 6.07 Å². The SMILES string of the molecule is C[C@@H]1CCCC[C@H]1NC(=O)NC(=O)CSc1nc2ccc([N+](=O)[O-])cc2s1. The number of aromatic nitrogens is 1. The summed E-state index contributed by atoms with van der Waals surface area (Å²) in [5, 5.41) is 16.1. The predicted molar refractivity (Wildman–Crippen MR) is 105 cm³/mol. The Bertz CT molecular complexity index is 870. The normalized spacial score (nSPS) is 19.6. The summed E-state index contributed by atoms with van der Waals surface area (Å²) in [5.41, 5.74) is 0.659. The molecule has 27 heavy (non-hydrogen) atoms. The molecule has 0 bridgehead atoms. The number of amides is 3. The van der Waals surface area contributed by atoms with Crippen LogP contribution in [-0.4, -0.2) is 33.6 Å². The topological polar surface area (TPSA) is 114 Å². The monoisotopic (exact) mass is 408 g/mol. The highest BCUT2D eigenvalue weighted by Gasteiger charge is 2.23. The molecule has 144 valence electrons. The molecule has 3 rings (SSSR count). The van der Waals surface area contributed by atoms with E-state index >= 15 is 0 Å². The number of hydrogen-bond donors (Lipinski definition) is 2. The molecule has 0 spiro atoms. The molecule has 2 aromatic rings. The van der Waals surface area contributed by atoms with Crippen molar-refractivity contribution < 1.29 is 14.5 Å². The third kappa shape index (κ3) is 5.16. The molecule has 0 aliphatic heterocycles. The number of benzene rings is 1. The van der Waals surface area contributed by atoms with Crippen LogP contribution < -0.4 is 10.6 Å². The molecule has 0 unspecified atom stereocenters. The number of imide groups is 1. The number of nitro benzene ring substituents is 1. The lowest BCUT2D eigenvalue weighted by Gasteiger charge is -2.29. The molecule has 10 heteroatoms. The number of thioether (sulfide) groups is 1. The third-order valence-corrected chi connectivity index (χ3v) is 6.73. The van der Waals surface area contributed by atoms with Gasteiger partial charge in [-0.25, -0.2) is 9.78 Å². The van der Waals surface area contributed by atoms with Crippen LogP contribution in [0.25, 0.3) is 10.2 Å². The molecule has 1 aliphatic rings. The van der Waals surface area contributed by atoms with Crippen LogP contribution in [0.3, 0.4) is 0 Å². The maximum absolute atomic E-state index is 12.0. The number of nitro groups is 1. The molecule has 1 aromatic carbocycles. The molecule has 2 N–H and O–H groups in total. The summed E-state index contributed by atoms with van der Waals surface area (Å²) in [7, 11) is 0. The van der Waals surface area contributed by atoms with Crippen LogP contribution in [-0.2, 0) is 4.79 Å². The first-order chi connectivity index (χ1) is 12.9. The van der Waals surface area contributed by atoms with Gasteiger partial charge in [0.1, 0.15) is 0 Å². The first kappa shape index (κ1) is 19.6. The smallest absolute Gasteiger partial charge is 0.321 e. The second-order valence-electron chi connectivity index (χ2n) is 6.57. The maximum atomic E-state index is 12.0. The minimum atomic E-state index is -0.459. The minimum absolute atomic E-state index is 0.00838. The predicted octanol–water partition coefficient (Wildman–Crippen LogP) is 3.70. The molecule has 1 aliphatic carbocycles. The van der Waals surface area contributed by atoms with Gasteiger partial charge in [-0.15, -0.1) is 11.3 Å². The molecule has 0 radical (unpaired) electrons. The van der Waals surface area contributed by atoms with Crippen LogP contribution >= 0.6 is 23.1 Å². The number of carbonyl (C=O) groups is 2. The van der Waals surface area contributed by atoms with Crippen LogP contribution in [0.4, 0.5) is 10.5 Å². The number of nitrogens with zero attached hydrogens (tertiary/aromatic N) is 2. The van der Waals surface area contributed by atoms with Gasteiger partial charge in [-0.1, -0.05) is 31.5 Å². The van der Waals surface area contributed by atoms with Crippen molar-refractivity contribution >= 4 is 50.9 Å². The highest BCUT2D eigenvalue weighted by molar-refractivity contribution is 8.01. The van der Waals surface area contributed by atoms with Crippen molar-refractivity contribution in [2.75, 3.05) is 5.75 Å². The Morgan fingerprint density at radius 2 is 2.15 bits per heavy atom. The zero-order valence-corrected chi connectivity index (χ0v) is 16.4. The van der Waals surface area contributed by atoms with E-state index in [2.05, 4.69) is 22.5 Å². The van der Waals surface area contributed by atoms with Crippen LogP contribution in [0.1, 0.15) is 32.6 Å². The first-order valence-electron chi connectivity index (χ1n) is 8.70. The van der Waals surface area contributed by atoms with E-state index < -0.39 is 16.9 Å². The lowest BCUT2D eigenvalue weighted by atomic mass is 9.86. The minimum Gasteiger partial charge on any atom is -0.335 e. The molecule has 1 saturated carbocycles. The largest absolute Gasteiger partial charge is 0.335 e. The summed E-state index contributed by atoms with van der Waals surface area (Å²) < 4.78 is 1.32. The van der Waals surface area contributed by atoms with Crippen LogP contribution in [0.5, 0.6) is 0 Å². The fourth-order valence-electron chi connectivity index (χ4n) is 3.09. The van der Waals surface area contributed by atoms with Gasteiger partial charge >= 0.3 is 6.03 Å². The van der Waals surface area contributed by atoms with Crippen molar-refractivity contribution in [3.05, 3.63) is 28.3 Å². The van der Waals surface area contributed by atoms with E-state index in [4.69, 9.17) is 0 Å². The molecule has 2 atom stereocenters. The lowest BCUT2D eigenvalue weighted by molar-refractivity contribution is -0.384. The van der Waals surface area contributed by atoms with Gasteiger partial charge in [-0.2, -0.15) is 0 Å². The fraction of sp³-hybridized carbons (Fsp3) is 0.471. The number of urea groups is 1. The highest BCUT2D eigenvalue weighted by Crippen LogP contribution is 2.31. The number of carbonyl (C=O) groups excluding carboxylic acids is 2. The maximum Gasteiger partial charge on any atom is 0.321 e. The number of non-ortho nitro benzene ring substituents is 1. The van der Waals surface area contributed by atoms with Crippen molar-refractivity contribution in [2.24, 2.45) is 5.92 Å². The van der Waals surface area contributed by atoms with E-state index in [0.717, 1.165) is 19.3 Å². The number of fused-ring (bicyclic) bond motifs is 1. The zero-order chi connectivity index (χ0) is 19.4. The quantitative estimate of drug-likeness (QED) is 0.443. The van der Waals surface area contributed by atoms with Crippen molar-refractivity contribution in [3.8, 4) is 0 Å². The lowest BCUT2D eigenvalue weighted by Crippen LogP contribution is -2.48. The van der Waals surface area contributed by atoms with Crippen molar-refractivity contribution in [1.82, 2.24) is 15.6 Å². The summed E-state index contributed by atoms with van der Waals surface area (Å²) in [6.07, 6.45) is 4.30. The van der Waals surface area contributed by atoms with E-state index in [1.165, 1.54) is 41.7 Å². The summed E-state index contributed by atoms with van der Waals surface area (Å²) in [6, 6.07) is 4.11. The number of thiazole rings is 1. The first-order valence-corrected chi connectivity index (χ1v) is 10.5. The summed E-state index contributed by atoms with van der Waals surface area (Å²) in [6.45, 7) is 2.11. The molecule has 1 heterocycles. The van der Waals surface area contributed by atoms with E-state index in [0.29, 0.717) is 20.5 Å². The molecule has 1 fully saturated rings. The van der Waals surface area contributed by atoms with Crippen molar-refractivity contribution in [3.63, 3.8) is 0 Å². The Kier molecular flexibility index (Phi) is 6.27. The number of rotatable bonds is 5. The second-order valence-corrected chi connectivity index (χ2v) is 8.82. The summed E-state index contributed by atoms with van der Waals surface area (Å²) in [5.74, 6) is 0.0715. The molecule has 3 amide bonds. The van der Waals surface area contributed by atoms with Gasteiger partial charge in [0.25, 0.3) is 5.69 Å². The van der Waals surface area contributed by atoms with Gasteiger partial charge in [0.05, 0.1) is 20.9 Å². The fourth-order valence-corrected chi connectivity index (χ4v) is 4.99. The van der Waals surface area contributed by atoms with Crippen molar-refractivity contribution in [1.29, 1.82) is 0 Å². The van der Waals surface area contributed by atoms with E-state index in [9.17, 15) is 19.7 Å². The van der Waals surface area contributed by atoms with E-state index in [-0.39, 0.29) is 17.5 Å². The van der Waals surface area contributed by atoms with Gasteiger partial charge in [0.15, 0.2) is 4.34 Å². The zero-order valence-electron chi connectivity index (χ0n) is 14.8. The van der Waals surface area contributed by atoms with Crippen LogP contribution in [0.15, 0.2) is 22.5 Å². The molecule has 0 saturated heterocycles. The second kappa shape index (κ2) is 8.66. The Morgan fingerprint density at radius 1 is 1.37 bits per heavy atom. The third-order valence-electron chi connectivity index (χ3n) is 4.57. The molecular weight excluding hydrogens is 388 g/mol. The average Bonchev–Trinajstić information content (AvgIpc) is 3.04.